The van der Waals surface area contributed by atoms with E-state index in [-0.39, 0.29) is 18.6 Å². The average Bonchev–Trinajstić information content (AvgIpc) is 2.40. The fourth-order valence-corrected chi connectivity index (χ4v) is 2.89. The van der Waals surface area contributed by atoms with Gasteiger partial charge < -0.3 is 15.4 Å². The molecular formula is C14H18BrClN2O2. The molecule has 0 aromatic heterocycles. The van der Waals surface area contributed by atoms with Crippen molar-refractivity contribution in [2.45, 2.75) is 19.4 Å². The Balaban J connectivity index is 1.82. The summed E-state index contributed by atoms with van der Waals surface area (Å²) in [7, 11) is 0. The maximum absolute atomic E-state index is 11.9. The van der Waals surface area contributed by atoms with Crippen LogP contribution in [0.25, 0.3) is 0 Å². The van der Waals surface area contributed by atoms with Crippen molar-refractivity contribution in [1.29, 1.82) is 0 Å². The number of halogens is 2. The number of carbonyl (C=O) groups excluding carboxylic acids is 1. The lowest BCUT2D eigenvalue weighted by atomic mass is 9.95. The molecule has 0 saturated carbocycles. The van der Waals surface area contributed by atoms with Crippen molar-refractivity contribution < 1.29 is 9.53 Å². The second-order valence-electron chi connectivity index (χ2n) is 5.01. The molecular weight excluding hydrogens is 344 g/mol. The molecule has 1 amide bonds. The van der Waals surface area contributed by atoms with Crippen LogP contribution in [0, 0.1) is 5.92 Å². The van der Waals surface area contributed by atoms with Crippen LogP contribution < -0.4 is 15.4 Å². The number of ether oxygens (including phenoxy) is 1. The van der Waals surface area contributed by atoms with E-state index in [0.717, 1.165) is 24.0 Å². The van der Waals surface area contributed by atoms with Gasteiger partial charge in [-0.05, 0) is 37.1 Å². The first-order valence-electron chi connectivity index (χ1n) is 6.64. The minimum absolute atomic E-state index is 0.0232. The number of piperidine rings is 1. The Labute approximate surface area is 132 Å². The Kier molecular flexibility index (Phi) is 5.69. The number of carbonyl (C=O) groups is 1. The molecule has 1 heterocycles. The van der Waals surface area contributed by atoms with Crippen LogP contribution in [-0.4, -0.2) is 31.6 Å². The molecule has 2 unspecified atom stereocenters. The molecule has 2 rings (SSSR count). The number of rotatable bonds is 4. The molecule has 1 saturated heterocycles. The second-order valence-corrected chi connectivity index (χ2v) is 6.33. The molecule has 1 aliphatic rings. The molecule has 1 aromatic carbocycles. The summed E-state index contributed by atoms with van der Waals surface area (Å²) in [6.07, 6.45) is 1.07. The van der Waals surface area contributed by atoms with Gasteiger partial charge in [-0.3, -0.25) is 4.79 Å². The average molecular weight is 362 g/mol. The third-order valence-corrected chi connectivity index (χ3v) is 4.22. The molecule has 1 aliphatic heterocycles. The van der Waals surface area contributed by atoms with Crippen molar-refractivity contribution >= 4 is 33.4 Å². The third kappa shape index (κ3) is 4.36. The van der Waals surface area contributed by atoms with Gasteiger partial charge in [0.1, 0.15) is 5.75 Å². The van der Waals surface area contributed by atoms with Gasteiger partial charge in [-0.2, -0.15) is 0 Å². The predicted octanol–water partition coefficient (Wildman–Crippen LogP) is 2.60. The van der Waals surface area contributed by atoms with E-state index >= 15 is 0 Å². The maximum atomic E-state index is 11.9. The Hall–Kier alpha value is -0.780. The standard InChI is InChI=1S/C14H18BrClN2O2/c1-9-4-5-17-7-12(9)18-14(19)8-20-13-3-2-10(15)6-11(13)16/h2-3,6,9,12,17H,4-5,7-8H2,1H3,(H,18,19). The number of nitrogens with one attached hydrogen (secondary N) is 2. The molecule has 1 aromatic rings. The molecule has 2 N–H and O–H groups in total. The number of amides is 1. The van der Waals surface area contributed by atoms with Crippen LogP contribution in [0.1, 0.15) is 13.3 Å². The first-order chi connectivity index (χ1) is 9.56. The minimum atomic E-state index is -0.121. The van der Waals surface area contributed by atoms with Crippen molar-refractivity contribution in [3.05, 3.63) is 27.7 Å². The molecule has 0 bridgehead atoms. The summed E-state index contributed by atoms with van der Waals surface area (Å²) in [5, 5.41) is 6.75. The Morgan fingerprint density at radius 3 is 3.10 bits per heavy atom. The van der Waals surface area contributed by atoms with Gasteiger partial charge in [0.05, 0.1) is 5.02 Å². The predicted molar refractivity (Wildman–Crippen MR) is 83.2 cm³/mol. The molecule has 2 atom stereocenters. The van der Waals surface area contributed by atoms with Gasteiger partial charge in [-0.15, -0.1) is 0 Å². The zero-order valence-corrected chi connectivity index (χ0v) is 13.6. The highest BCUT2D eigenvalue weighted by Gasteiger charge is 2.22. The van der Waals surface area contributed by atoms with E-state index in [1.54, 1.807) is 12.1 Å². The van der Waals surface area contributed by atoms with Crippen LogP contribution in [0.2, 0.25) is 5.02 Å². The first kappa shape index (κ1) is 15.6. The molecule has 0 radical (unpaired) electrons. The molecule has 110 valence electrons. The van der Waals surface area contributed by atoms with Crippen LogP contribution in [0.3, 0.4) is 0 Å². The van der Waals surface area contributed by atoms with Crippen molar-refractivity contribution in [1.82, 2.24) is 10.6 Å². The largest absolute Gasteiger partial charge is 0.482 e. The van der Waals surface area contributed by atoms with Crippen LogP contribution in [0.4, 0.5) is 0 Å². The maximum Gasteiger partial charge on any atom is 0.258 e. The van der Waals surface area contributed by atoms with Gasteiger partial charge in [-0.25, -0.2) is 0 Å². The van der Waals surface area contributed by atoms with Crippen molar-refractivity contribution in [2.75, 3.05) is 19.7 Å². The van der Waals surface area contributed by atoms with Gasteiger partial charge in [-0.1, -0.05) is 34.5 Å². The van der Waals surface area contributed by atoms with Crippen LogP contribution in [0.15, 0.2) is 22.7 Å². The highest BCUT2D eigenvalue weighted by Crippen LogP contribution is 2.27. The minimum Gasteiger partial charge on any atom is -0.482 e. The van der Waals surface area contributed by atoms with E-state index in [9.17, 15) is 4.79 Å². The van der Waals surface area contributed by atoms with Crippen molar-refractivity contribution in [2.24, 2.45) is 5.92 Å². The fourth-order valence-electron chi connectivity index (χ4n) is 2.17. The van der Waals surface area contributed by atoms with Gasteiger partial charge in [0.2, 0.25) is 0 Å². The summed E-state index contributed by atoms with van der Waals surface area (Å²) < 4.78 is 6.32. The van der Waals surface area contributed by atoms with Crippen molar-refractivity contribution in [3.63, 3.8) is 0 Å². The number of benzene rings is 1. The Bertz CT molecular complexity index is 484. The van der Waals surface area contributed by atoms with E-state index in [2.05, 4.69) is 33.5 Å². The first-order valence-corrected chi connectivity index (χ1v) is 7.81. The molecule has 1 fully saturated rings. The zero-order chi connectivity index (χ0) is 14.5. The normalized spacial score (nSPS) is 22.4. The van der Waals surface area contributed by atoms with Gasteiger partial charge in [0, 0.05) is 17.1 Å². The molecule has 0 aliphatic carbocycles. The summed E-state index contributed by atoms with van der Waals surface area (Å²) in [5.74, 6) is 0.876. The van der Waals surface area contributed by atoms with E-state index in [1.165, 1.54) is 0 Å². The van der Waals surface area contributed by atoms with Crippen molar-refractivity contribution in [3.8, 4) is 5.75 Å². The number of hydrogen-bond donors (Lipinski definition) is 2. The summed E-state index contributed by atoms with van der Waals surface area (Å²) in [4.78, 5) is 11.9. The quantitative estimate of drug-likeness (QED) is 0.867. The topological polar surface area (TPSA) is 50.4 Å². The second kappa shape index (κ2) is 7.29. The molecule has 6 heteroatoms. The lowest BCUT2D eigenvalue weighted by Crippen LogP contribution is -2.51. The lowest BCUT2D eigenvalue weighted by molar-refractivity contribution is -0.124. The molecule has 4 nitrogen and oxygen atoms in total. The van der Waals surface area contributed by atoms with E-state index < -0.39 is 0 Å². The van der Waals surface area contributed by atoms with Crippen LogP contribution in [0.5, 0.6) is 5.75 Å². The van der Waals surface area contributed by atoms with Crippen LogP contribution >= 0.6 is 27.5 Å². The van der Waals surface area contributed by atoms with Gasteiger partial charge >= 0.3 is 0 Å². The lowest BCUT2D eigenvalue weighted by Gasteiger charge is -2.30. The zero-order valence-electron chi connectivity index (χ0n) is 11.3. The Morgan fingerprint density at radius 2 is 2.40 bits per heavy atom. The fraction of sp³-hybridized carbons (Fsp3) is 0.500. The summed E-state index contributed by atoms with van der Waals surface area (Å²) >= 11 is 9.35. The Morgan fingerprint density at radius 1 is 1.60 bits per heavy atom. The summed E-state index contributed by atoms with van der Waals surface area (Å²) in [6, 6.07) is 5.47. The van der Waals surface area contributed by atoms with E-state index in [0.29, 0.717) is 16.7 Å². The molecule has 0 spiro atoms. The number of hydrogen-bond acceptors (Lipinski definition) is 3. The van der Waals surface area contributed by atoms with Gasteiger partial charge in [0.15, 0.2) is 6.61 Å². The molecule has 20 heavy (non-hydrogen) atoms. The summed E-state index contributed by atoms with van der Waals surface area (Å²) in [6.45, 7) is 3.95. The van der Waals surface area contributed by atoms with E-state index in [4.69, 9.17) is 16.3 Å². The monoisotopic (exact) mass is 360 g/mol. The smallest absolute Gasteiger partial charge is 0.258 e. The van der Waals surface area contributed by atoms with Crippen LogP contribution in [-0.2, 0) is 4.79 Å². The highest BCUT2D eigenvalue weighted by atomic mass is 79.9. The SMILES string of the molecule is CC1CCNCC1NC(=O)COc1ccc(Br)cc1Cl. The summed E-state index contributed by atoms with van der Waals surface area (Å²) in [5.41, 5.74) is 0. The van der Waals surface area contributed by atoms with Gasteiger partial charge in [0.25, 0.3) is 5.91 Å². The third-order valence-electron chi connectivity index (χ3n) is 3.43. The van der Waals surface area contributed by atoms with E-state index in [1.807, 2.05) is 6.07 Å². The highest BCUT2D eigenvalue weighted by molar-refractivity contribution is 9.10.